The summed E-state index contributed by atoms with van der Waals surface area (Å²) < 4.78 is 5.06. The molecule has 0 radical (unpaired) electrons. The fraction of sp³-hybridized carbons (Fsp3) is 0.417. The summed E-state index contributed by atoms with van der Waals surface area (Å²) in [6.07, 6.45) is 0.680. The molecular weight excluding hydrogens is 192 g/mol. The Morgan fingerprint density at radius 1 is 1.40 bits per heavy atom. The van der Waals surface area contributed by atoms with Gasteiger partial charge >= 0.3 is 5.97 Å². The second-order valence-corrected chi connectivity index (χ2v) is 3.94. The molecule has 3 heteroatoms. The molecule has 0 aliphatic carbocycles. The van der Waals surface area contributed by atoms with Crippen molar-refractivity contribution in [1.29, 1.82) is 0 Å². The van der Waals surface area contributed by atoms with Crippen LogP contribution >= 0.6 is 0 Å². The van der Waals surface area contributed by atoms with Crippen molar-refractivity contribution in [2.45, 2.75) is 12.3 Å². The molecule has 1 saturated heterocycles. The van der Waals surface area contributed by atoms with Crippen molar-refractivity contribution in [1.82, 2.24) is 0 Å². The quantitative estimate of drug-likeness (QED) is 0.818. The SMILES string of the molecule is O=C(O)C(CC1COC1)c1ccccc1. The molecule has 0 saturated carbocycles. The van der Waals surface area contributed by atoms with Crippen LogP contribution in [0.2, 0.25) is 0 Å². The van der Waals surface area contributed by atoms with Crippen LogP contribution in [0.3, 0.4) is 0 Å². The third-order valence-electron chi connectivity index (χ3n) is 2.78. The number of carbonyl (C=O) groups is 1. The van der Waals surface area contributed by atoms with Gasteiger partial charge in [0.1, 0.15) is 0 Å². The van der Waals surface area contributed by atoms with Gasteiger partial charge in [-0.1, -0.05) is 30.3 Å². The topological polar surface area (TPSA) is 46.5 Å². The number of carboxylic acids is 1. The highest BCUT2D eigenvalue weighted by Gasteiger charge is 2.28. The maximum atomic E-state index is 11.1. The summed E-state index contributed by atoms with van der Waals surface area (Å²) in [6, 6.07) is 9.40. The standard InChI is InChI=1S/C12H14O3/c13-12(14)11(6-9-7-15-8-9)10-4-2-1-3-5-10/h1-5,9,11H,6-8H2,(H,13,14). The number of aliphatic carboxylic acids is 1. The Balaban J connectivity index is 2.08. The summed E-state index contributed by atoms with van der Waals surface area (Å²) >= 11 is 0. The Labute approximate surface area is 88.7 Å². The van der Waals surface area contributed by atoms with Crippen molar-refractivity contribution in [3.05, 3.63) is 35.9 Å². The molecule has 1 aliphatic heterocycles. The van der Waals surface area contributed by atoms with Gasteiger partial charge in [0.25, 0.3) is 0 Å². The maximum absolute atomic E-state index is 11.1. The lowest BCUT2D eigenvalue weighted by atomic mass is 9.88. The molecule has 15 heavy (non-hydrogen) atoms. The molecule has 1 atom stereocenters. The van der Waals surface area contributed by atoms with E-state index in [9.17, 15) is 4.79 Å². The summed E-state index contributed by atoms with van der Waals surface area (Å²) in [5.74, 6) is -0.723. The molecule has 1 aromatic rings. The lowest BCUT2D eigenvalue weighted by molar-refractivity contribution is -0.140. The monoisotopic (exact) mass is 206 g/mol. The minimum atomic E-state index is -0.742. The number of benzene rings is 1. The van der Waals surface area contributed by atoms with Gasteiger partial charge < -0.3 is 9.84 Å². The van der Waals surface area contributed by atoms with Crippen LogP contribution in [0.1, 0.15) is 17.9 Å². The van der Waals surface area contributed by atoms with Crippen LogP contribution in [0.4, 0.5) is 0 Å². The van der Waals surface area contributed by atoms with Gasteiger partial charge in [-0.15, -0.1) is 0 Å². The van der Waals surface area contributed by atoms with E-state index in [0.717, 1.165) is 5.56 Å². The van der Waals surface area contributed by atoms with E-state index in [0.29, 0.717) is 25.6 Å². The fourth-order valence-electron chi connectivity index (χ4n) is 1.82. The van der Waals surface area contributed by atoms with Gasteiger partial charge in [-0.2, -0.15) is 0 Å². The van der Waals surface area contributed by atoms with Crippen molar-refractivity contribution < 1.29 is 14.6 Å². The Bertz CT molecular complexity index is 330. The van der Waals surface area contributed by atoms with Gasteiger partial charge in [0.05, 0.1) is 19.1 Å². The summed E-state index contributed by atoms with van der Waals surface area (Å²) in [5, 5.41) is 9.15. The van der Waals surface area contributed by atoms with Gasteiger partial charge in [-0.25, -0.2) is 0 Å². The Morgan fingerprint density at radius 2 is 2.07 bits per heavy atom. The molecule has 2 rings (SSSR count). The van der Waals surface area contributed by atoms with Gasteiger partial charge in [0, 0.05) is 5.92 Å². The van der Waals surface area contributed by atoms with E-state index in [1.54, 1.807) is 0 Å². The zero-order valence-electron chi connectivity index (χ0n) is 8.43. The molecular formula is C12H14O3. The highest BCUT2D eigenvalue weighted by molar-refractivity contribution is 5.76. The van der Waals surface area contributed by atoms with E-state index in [-0.39, 0.29) is 5.92 Å². The summed E-state index contributed by atoms with van der Waals surface area (Å²) in [4.78, 5) is 11.1. The van der Waals surface area contributed by atoms with Crippen LogP contribution in [0, 0.1) is 5.92 Å². The van der Waals surface area contributed by atoms with Crippen LogP contribution in [0.25, 0.3) is 0 Å². The third kappa shape index (κ3) is 2.36. The molecule has 0 spiro atoms. The summed E-state index contributed by atoms with van der Waals surface area (Å²) in [7, 11) is 0. The van der Waals surface area contributed by atoms with Crippen molar-refractivity contribution >= 4 is 5.97 Å². The molecule has 1 aliphatic rings. The molecule has 1 N–H and O–H groups in total. The number of ether oxygens (including phenoxy) is 1. The average Bonchev–Trinajstić information content (AvgIpc) is 2.17. The lowest BCUT2D eigenvalue weighted by Crippen LogP contribution is -2.30. The molecule has 1 unspecified atom stereocenters. The fourth-order valence-corrected chi connectivity index (χ4v) is 1.82. The van der Waals surface area contributed by atoms with E-state index in [2.05, 4.69) is 0 Å². The van der Waals surface area contributed by atoms with Crippen molar-refractivity contribution in [3.63, 3.8) is 0 Å². The lowest BCUT2D eigenvalue weighted by Gasteiger charge is -2.28. The normalized spacial score (nSPS) is 18.1. The smallest absolute Gasteiger partial charge is 0.310 e. The molecule has 1 aromatic carbocycles. The second-order valence-electron chi connectivity index (χ2n) is 3.94. The van der Waals surface area contributed by atoms with Crippen LogP contribution in [-0.4, -0.2) is 24.3 Å². The van der Waals surface area contributed by atoms with Crippen LogP contribution < -0.4 is 0 Å². The molecule has 1 fully saturated rings. The Hall–Kier alpha value is -1.35. The molecule has 3 nitrogen and oxygen atoms in total. The van der Waals surface area contributed by atoms with Crippen molar-refractivity contribution in [2.24, 2.45) is 5.92 Å². The number of rotatable bonds is 4. The first-order valence-corrected chi connectivity index (χ1v) is 5.13. The zero-order chi connectivity index (χ0) is 10.7. The Kier molecular flexibility index (Phi) is 3.02. The number of hydrogen-bond donors (Lipinski definition) is 1. The maximum Gasteiger partial charge on any atom is 0.310 e. The first-order valence-electron chi connectivity index (χ1n) is 5.13. The largest absolute Gasteiger partial charge is 0.481 e. The highest BCUT2D eigenvalue weighted by Crippen LogP contribution is 2.27. The van der Waals surface area contributed by atoms with E-state index in [4.69, 9.17) is 9.84 Å². The minimum Gasteiger partial charge on any atom is -0.481 e. The van der Waals surface area contributed by atoms with Gasteiger partial charge in [-0.05, 0) is 12.0 Å². The zero-order valence-corrected chi connectivity index (χ0v) is 8.43. The molecule has 0 aromatic heterocycles. The van der Waals surface area contributed by atoms with Crippen LogP contribution in [0.15, 0.2) is 30.3 Å². The predicted molar refractivity (Wildman–Crippen MR) is 55.7 cm³/mol. The van der Waals surface area contributed by atoms with E-state index in [1.165, 1.54) is 0 Å². The van der Waals surface area contributed by atoms with E-state index in [1.807, 2.05) is 30.3 Å². The van der Waals surface area contributed by atoms with Crippen LogP contribution in [-0.2, 0) is 9.53 Å². The molecule has 80 valence electrons. The highest BCUT2D eigenvalue weighted by atomic mass is 16.5. The summed E-state index contributed by atoms with van der Waals surface area (Å²) in [6.45, 7) is 1.41. The van der Waals surface area contributed by atoms with E-state index >= 15 is 0 Å². The molecule has 0 bridgehead atoms. The van der Waals surface area contributed by atoms with Gasteiger partial charge in [-0.3, -0.25) is 4.79 Å². The van der Waals surface area contributed by atoms with Gasteiger partial charge in [0.2, 0.25) is 0 Å². The first-order chi connectivity index (χ1) is 7.27. The van der Waals surface area contributed by atoms with Gasteiger partial charge in [0.15, 0.2) is 0 Å². The van der Waals surface area contributed by atoms with Crippen molar-refractivity contribution in [3.8, 4) is 0 Å². The third-order valence-corrected chi connectivity index (χ3v) is 2.78. The molecule has 1 heterocycles. The number of carboxylic acid groups (broad SMARTS) is 1. The first kappa shape index (κ1) is 10.2. The Morgan fingerprint density at radius 3 is 2.53 bits per heavy atom. The minimum absolute atomic E-state index is 0.389. The molecule has 0 amide bonds. The second kappa shape index (κ2) is 4.45. The van der Waals surface area contributed by atoms with Crippen molar-refractivity contribution in [2.75, 3.05) is 13.2 Å². The number of hydrogen-bond acceptors (Lipinski definition) is 2. The van der Waals surface area contributed by atoms with E-state index < -0.39 is 5.97 Å². The average molecular weight is 206 g/mol. The van der Waals surface area contributed by atoms with Crippen LogP contribution in [0.5, 0.6) is 0 Å². The summed E-state index contributed by atoms with van der Waals surface area (Å²) in [5.41, 5.74) is 0.886. The predicted octanol–water partition coefficient (Wildman–Crippen LogP) is 1.89.